The van der Waals surface area contributed by atoms with Crippen LogP contribution in [0.15, 0.2) is 36.5 Å². The zero-order valence-electron chi connectivity index (χ0n) is 13.8. The number of aryl methyl sites for hydroxylation is 2. The number of thioether (sulfide) groups is 1. The van der Waals surface area contributed by atoms with Gasteiger partial charge in [0.2, 0.25) is 5.91 Å². The van der Waals surface area contributed by atoms with Crippen LogP contribution in [0.2, 0.25) is 5.15 Å². The average Bonchev–Trinajstić information content (AvgIpc) is 2.59. The molecule has 7 heteroatoms. The summed E-state index contributed by atoms with van der Waals surface area (Å²) in [4.78, 5) is 30.2. The van der Waals surface area contributed by atoms with E-state index in [1.165, 1.54) is 17.3 Å². The van der Waals surface area contributed by atoms with E-state index in [1.807, 2.05) is 19.1 Å². The lowest BCUT2D eigenvalue weighted by Gasteiger charge is -2.29. The van der Waals surface area contributed by atoms with E-state index in [4.69, 9.17) is 11.6 Å². The van der Waals surface area contributed by atoms with Gasteiger partial charge in [0.1, 0.15) is 5.15 Å². The molecule has 2 amide bonds. The first-order chi connectivity index (χ1) is 12.0. The van der Waals surface area contributed by atoms with Gasteiger partial charge in [0.25, 0.3) is 5.24 Å². The normalized spacial score (nSPS) is 13.3. The first-order valence-corrected chi connectivity index (χ1v) is 9.34. The molecule has 0 bridgehead atoms. The lowest BCUT2D eigenvalue weighted by atomic mass is 10.0. The van der Waals surface area contributed by atoms with E-state index in [-0.39, 0.29) is 16.9 Å². The van der Waals surface area contributed by atoms with Gasteiger partial charge in [0, 0.05) is 24.1 Å². The standard InChI is InChI=1S/C18H18ClN3O2S/c1-12-4-5-15-13(9-12)3-2-8-22(15)18(24)25-11-17(23)21-14-6-7-20-16(19)10-14/h4-7,9-10H,2-3,8,11H2,1H3,(H,20,21,23). The maximum atomic E-state index is 12.5. The van der Waals surface area contributed by atoms with Crippen LogP contribution in [0.4, 0.5) is 16.2 Å². The van der Waals surface area contributed by atoms with Crippen molar-refractivity contribution in [2.24, 2.45) is 0 Å². The summed E-state index contributed by atoms with van der Waals surface area (Å²) in [7, 11) is 0. The van der Waals surface area contributed by atoms with E-state index in [0.717, 1.165) is 30.3 Å². The van der Waals surface area contributed by atoms with Gasteiger partial charge in [-0.15, -0.1) is 0 Å². The largest absolute Gasteiger partial charge is 0.325 e. The molecule has 5 nitrogen and oxygen atoms in total. The third-order valence-electron chi connectivity index (χ3n) is 3.91. The Balaban J connectivity index is 1.59. The van der Waals surface area contributed by atoms with Gasteiger partial charge >= 0.3 is 0 Å². The average molecular weight is 376 g/mol. The summed E-state index contributed by atoms with van der Waals surface area (Å²) < 4.78 is 0. The number of nitrogens with one attached hydrogen (secondary N) is 1. The molecule has 0 spiro atoms. The summed E-state index contributed by atoms with van der Waals surface area (Å²) in [5.74, 6) is -0.196. The van der Waals surface area contributed by atoms with E-state index in [0.29, 0.717) is 17.4 Å². The van der Waals surface area contributed by atoms with Crippen LogP contribution in [-0.4, -0.2) is 28.4 Å². The Morgan fingerprint density at radius 2 is 2.16 bits per heavy atom. The van der Waals surface area contributed by atoms with Gasteiger partial charge in [-0.05, 0) is 43.5 Å². The third-order valence-corrected chi connectivity index (χ3v) is 4.99. The van der Waals surface area contributed by atoms with Crippen molar-refractivity contribution in [1.82, 2.24) is 4.98 Å². The molecule has 130 valence electrons. The number of hydrogen-bond donors (Lipinski definition) is 1. The van der Waals surface area contributed by atoms with Gasteiger partial charge in [-0.2, -0.15) is 0 Å². The number of nitrogens with zero attached hydrogens (tertiary/aromatic N) is 2. The Morgan fingerprint density at radius 3 is 2.96 bits per heavy atom. The van der Waals surface area contributed by atoms with Crippen molar-refractivity contribution in [3.63, 3.8) is 0 Å². The summed E-state index contributed by atoms with van der Waals surface area (Å²) in [6, 6.07) is 9.34. The molecule has 1 N–H and O–H groups in total. The minimum absolute atomic E-state index is 0.0521. The predicted molar refractivity (Wildman–Crippen MR) is 103 cm³/mol. The molecule has 0 unspecified atom stereocenters. The molecular weight excluding hydrogens is 358 g/mol. The van der Waals surface area contributed by atoms with Gasteiger partial charge in [0.15, 0.2) is 0 Å². The number of pyridine rings is 1. The van der Waals surface area contributed by atoms with Gasteiger partial charge < -0.3 is 10.2 Å². The number of anilines is 2. The fourth-order valence-electron chi connectivity index (χ4n) is 2.80. The number of benzene rings is 1. The molecule has 0 aliphatic carbocycles. The quantitative estimate of drug-likeness (QED) is 0.813. The molecule has 1 aliphatic rings. The molecule has 2 heterocycles. The van der Waals surface area contributed by atoms with Gasteiger partial charge in [-0.1, -0.05) is 41.1 Å². The predicted octanol–water partition coefficient (Wildman–Crippen LogP) is 4.29. The number of fused-ring (bicyclic) bond motifs is 1. The van der Waals surface area contributed by atoms with Crippen LogP contribution in [0.3, 0.4) is 0 Å². The Labute approximate surface area is 155 Å². The fourth-order valence-corrected chi connectivity index (χ4v) is 3.64. The van der Waals surface area contributed by atoms with E-state index in [9.17, 15) is 9.59 Å². The van der Waals surface area contributed by atoms with Crippen LogP contribution < -0.4 is 10.2 Å². The number of carbonyl (C=O) groups excluding carboxylic acids is 2. The van der Waals surface area contributed by atoms with Crippen molar-refractivity contribution in [2.75, 3.05) is 22.5 Å². The Bertz CT molecular complexity index is 813. The molecule has 2 aromatic rings. The van der Waals surface area contributed by atoms with Crippen LogP contribution in [0, 0.1) is 6.92 Å². The molecule has 0 saturated heterocycles. The second kappa shape index (κ2) is 7.89. The van der Waals surface area contributed by atoms with Crippen LogP contribution in [-0.2, 0) is 11.2 Å². The maximum Gasteiger partial charge on any atom is 0.286 e. The van der Waals surface area contributed by atoms with Crippen LogP contribution in [0.1, 0.15) is 17.5 Å². The number of amides is 2. The zero-order chi connectivity index (χ0) is 17.8. The van der Waals surface area contributed by atoms with E-state index in [2.05, 4.69) is 16.4 Å². The number of aromatic nitrogens is 1. The lowest BCUT2D eigenvalue weighted by Crippen LogP contribution is -2.33. The Kier molecular flexibility index (Phi) is 5.60. The maximum absolute atomic E-state index is 12.5. The van der Waals surface area contributed by atoms with Crippen molar-refractivity contribution in [1.29, 1.82) is 0 Å². The molecule has 3 rings (SSSR count). The highest BCUT2D eigenvalue weighted by Crippen LogP contribution is 2.30. The molecule has 1 aromatic heterocycles. The highest BCUT2D eigenvalue weighted by atomic mass is 35.5. The molecule has 0 fully saturated rings. The molecule has 0 radical (unpaired) electrons. The summed E-state index contributed by atoms with van der Waals surface area (Å²) >= 11 is 6.80. The van der Waals surface area contributed by atoms with Crippen molar-refractivity contribution >= 4 is 45.9 Å². The minimum atomic E-state index is -0.248. The number of hydrogen-bond acceptors (Lipinski definition) is 4. The van der Waals surface area contributed by atoms with Crippen molar-refractivity contribution in [2.45, 2.75) is 19.8 Å². The van der Waals surface area contributed by atoms with Gasteiger partial charge in [-0.3, -0.25) is 9.59 Å². The first kappa shape index (κ1) is 17.8. The van der Waals surface area contributed by atoms with Crippen LogP contribution >= 0.6 is 23.4 Å². The lowest BCUT2D eigenvalue weighted by molar-refractivity contribution is -0.113. The molecule has 1 aliphatic heterocycles. The third kappa shape index (κ3) is 4.52. The fraction of sp³-hybridized carbons (Fsp3) is 0.278. The Hall–Kier alpha value is -2.05. The molecule has 1 aromatic carbocycles. The molecule has 0 atom stereocenters. The number of carbonyl (C=O) groups is 2. The molecule has 25 heavy (non-hydrogen) atoms. The SMILES string of the molecule is Cc1ccc2c(c1)CCCN2C(=O)SCC(=O)Nc1ccnc(Cl)c1. The van der Waals surface area contributed by atoms with Crippen molar-refractivity contribution in [3.05, 3.63) is 52.8 Å². The summed E-state index contributed by atoms with van der Waals surface area (Å²) in [5.41, 5.74) is 3.90. The van der Waals surface area contributed by atoms with Crippen molar-refractivity contribution < 1.29 is 9.59 Å². The van der Waals surface area contributed by atoms with E-state index >= 15 is 0 Å². The topological polar surface area (TPSA) is 62.3 Å². The van der Waals surface area contributed by atoms with E-state index in [1.54, 1.807) is 17.0 Å². The summed E-state index contributed by atoms with van der Waals surface area (Å²) in [6.07, 6.45) is 3.43. The van der Waals surface area contributed by atoms with E-state index < -0.39 is 0 Å². The zero-order valence-corrected chi connectivity index (χ0v) is 15.4. The second-order valence-corrected chi connectivity index (χ2v) is 7.17. The monoisotopic (exact) mass is 375 g/mol. The Morgan fingerprint density at radius 1 is 1.32 bits per heavy atom. The van der Waals surface area contributed by atoms with Gasteiger partial charge in [0.05, 0.1) is 5.75 Å². The minimum Gasteiger partial charge on any atom is -0.325 e. The highest BCUT2D eigenvalue weighted by Gasteiger charge is 2.23. The molecular formula is C18H18ClN3O2S. The molecule has 0 saturated carbocycles. The summed E-state index contributed by atoms with van der Waals surface area (Å²) in [6.45, 7) is 2.73. The van der Waals surface area contributed by atoms with Gasteiger partial charge in [-0.25, -0.2) is 4.98 Å². The highest BCUT2D eigenvalue weighted by molar-refractivity contribution is 8.14. The van der Waals surface area contributed by atoms with Crippen LogP contribution in [0.25, 0.3) is 0 Å². The number of halogens is 1. The summed E-state index contributed by atoms with van der Waals surface area (Å²) in [5, 5.41) is 2.92. The first-order valence-electron chi connectivity index (χ1n) is 7.98. The van der Waals surface area contributed by atoms with Crippen molar-refractivity contribution in [3.8, 4) is 0 Å². The number of rotatable bonds is 3. The van der Waals surface area contributed by atoms with Crippen LogP contribution in [0.5, 0.6) is 0 Å². The smallest absolute Gasteiger partial charge is 0.286 e. The second-order valence-electron chi connectivity index (χ2n) is 5.86.